The zero-order valence-corrected chi connectivity index (χ0v) is 31.4. The van der Waals surface area contributed by atoms with Crippen molar-refractivity contribution in [3.8, 4) is 51.5 Å². The van der Waals surface area contributed by atoms with Crippen molar-refractivity contribution < 1.29 is 0 Å². The van der Waals surface area contributed by atoms with E-state index >= 15 is 0 Å². The summed E-state index contributed by atoms with van der Waals surface area (Å²) in [5.41, 5.74) is 10.6. The highest BCUT2D eigenvalue weighted by molar-refractivity contribution is 6.36. The van der Waals surface area contributed by atoms with Gasteiger partial charge in [0.05, 0.1) is 27.6 Å². The third kappa shape index (κ3) is 5.05. The fourth-order valence-electron chi connectivity index (χ4n) is 8.62. The molecule has 0 aliphatic carbocycles. The van der Waals surface area contributed by atoms with E-state index in [1.54, 1.807) is 24.8 Å². The van der Waals surface area contributed by atoms with Gasteiger partial charge in [-0.05, 0) is 60.7 Å². The molecule has 6 aromatic heterocycles. The van der Waals surface area contributed by atoms with E-state index in [2.05, 4.69) is 157 Å². The molecule has 0 bridgehead atoms. The summed E-state index contributed by atoms with van der Waals surface area (Å²) in [6.07, 6.45) is 7.05. The lowest BCUT2D eigenvalue weighted by molar-refractivity contribution is 0.952. The van der Waals surface area contributed by atoms with Crippen LogP contribution < -0.4 is 0 Å². The maximum atomic E-state index is 5.70. The summed E-state index contributed by atoms with van der Waals surface area (Å²) < 4.78 is 6.92. The summed E-state index contributed by atoms with van der Waals surface area (Å²) in [5.74, 6) is 2.38. The molecule has 0 fully saturated rings. The summed E-state index contributed by atoms with van der Waals surface area (Å²) >= 11 is 0. The van der Waals surface area contributed by atoms with Crippen LogP contribution in [0.5, 0.6) is 0 Å². The van der Waals surface area contributed by atoms with Crippen LogP contribution >= 0.6 is 0 Å². The number of benzene rings is 6. The van der Waals surface area contributed by atoms with E-state index in [-0.39, 0.29) is 0 Å². The summed E-state index contributed by atoms with van der Waals surface area (Å²) in [6, 6.07) is 56.5. The molecule has 0 saturated heterocycles. The van der Waals surface area contributed by atoms with E-state index in [4.69, 9.17) is 19.9 Å². The van der Waals surface area contributed by atoms with E-state index in [1.807, 2.05) is 30.3 Å². The van der Waals surface area contributed by atoms with Crippen molar-refractivity contribution in [1.82, 2.24) is 43.6 Å². The minimum atomic E-state index is 0.481. The van der Waals surface area contributed by atoms with Gasteiger partial charge in [0.2, 0.25) is 5.95 Å². The van der Waals surface area contributed by atoms with Crippen LogP contribution in [0.4, 0.5) is 0 Å². The third-order valence-corrected chi connectivity index (χ3v) is 11.1. The molecule has 0 amide bonds. The number of hydrogen-bond donors (Lipinski definition) is 0. The molecule has 0 N–H and O–H groups in total. The Morgan fingerprint density at radius 2 is 0.831 bits per heavy atom. The molecule has 9 nitrogen and oxygen atoms in total. The maximum Gasteiger partial charge on any atom is 0.238 e. The molecule has 9 heteroatoms. The Morgan fingerprint density at radius 3 is 1.42 bits per heavy atom. The Bertz CT molecular complexity index is 3470. The quantitative estimate of drug-likeness (QED) is 0.168. The number of rotatable bonds is 6. The van der Waals surface area contributed by atoms with E-state index < -0.39 is 0 Å². The Balaban J connectivity index is 1.37. The van der Waals surface area contributed by atoms with Gasteiger partial charge < -0.3 is 4.57 Å². The lowest BCUT2D eigenvalue weighted by Gasteiger charge is -2.14. The van der Waals surface area contributed by atoms with Gasteiger partial charge in [-0.2, -0.15) is 9.97 Å². The number of para-hydroxylation sites is 4. The number of imidazole rings is 1. The predicted octanol–water partition coefficient (Wildman–Crippen LogP) is 11.2. The van der Waals surface area contributed by atoms with Gasteiger partial charge in [0.15, 0.2) is 11.6 Å². The van der Waals surface area contributed by atoms with E-state index in [1.165, 1.54) is 0 Å². The summed E-state index contributed by atoms with van der Waals surface area (Å²) in [7, 11) is 0. The lowest BCUT2D eigenvalue weighted by Crippen LogP contribution is -2.07. The van der Waals surface area contributed by atoms with Crippen LogP contribution in [0.3, 0.4) is 0 Å². The number of fused-ring (bicyclic) bond motifs is 10. The minimum Gasteiger partial charge on any atom is -0.308 e. The molecule has 276 valence electrons. The largest absolute Gasteiger partial charge is 0.308 e. The fourth-order valence-corrected chi connectivity index (χ4v) is 8.62. The lowest BCUT2D eigenvalue weighted by atomic mass is 10.1. The van der Waals surface area contributed by atoms with Crippen molar-refractivity contribution >= 4 is 54.6 Å². The summed E-state index contributed by atoms with van der Waals surface area (Å²) in [5, 5.41) is 4.32. The monoisotopic (exact) mass is 757 g/mol. The molecule has 0 aliphatic heterocycles. The van der Waals surface area contributed by atoms with Gasteiger partial charge in [0, 0.05) is 74.4 Å². The topological polar surface area (TPSA) is 92.1 Å². The second kappa shape index (κ2) is 13.1. The van der Waals surface area contributed by atoms with Crippen LogP contribution in [-0.2, 0) is 0 Å². The molecule has 59 heavy (non-hydrogen) atoms. The predicted molar refractivity (Wildman–Crippen MR) is 235 cm³/mol. The Morgan fingerprint density at radius 1 is 0.339 bits per heavy atom. The van der Waals surface area contributed by atoms with Crippen LogP contribution in [0.15, 0.2) is 189 Å². The first-order valence-corrected chi connectivity index (χ1v) is 19.5. The standard InChI is InChI=1S/C50H31N9/c1-4-14-34(15-5-1)49-53-43-41-37-20-10-12-22-39(37)57(35-16-6-2-7-17-35)44(41)42-38-21-11-13-23-40(38)59(45(42)46(43)58(49)36-18-8-3-9-19-36)50-55-47(32-24-28-51-29-25-32)54-48(56-50)33-26-30-52-31-27-33/h1-31H. The second-order valence-electron chi connectivity index (χ2n) is 14.4. The highest BCUT2D eigenvalue weighted by Crippen LogP contribution is 2.48. The Labute approximate surface area is 337 Å². The molecule has 12 rings (SSSR count). The van der Waals surface area contributed by atoms with Gasteiger partial charge in [-0.3, -0.25) is 19.1 Å². The molecular weight excluding hydrogens is 727 g/mol. The van der Waals surface area contributed by atoms with Crippen molar-refractivity contribution in [2.24, 2.45) is 0 Å². The van der Waals surface area contributed by atoms with Gasteiger partial charge in [0.25, 0.3) is 0 Å². The summed E-state index contributed by atoms with van der Waals surface area (Å²) in [6.45, 7) is 0. The number of nitrogens with zero attached hydrogens (tertiary/aromatic N) is 9. The fraction of sp³-hybridized carbons (Fsp3) is 0. The van der Waals surface area contributed by atoms with Gasteiger partial charge in [-0.25, -0.2) is 9.97 Å². The highest BCUT2D eigenvalue weighted by Gasteiger charge is 2.30. The third-order valence-electron chi connectivity index (χ3n) is 11.1. The average Bonchev–Trinajstić information content (AvgIpc) is 3.99. The number of pyridine rings is 2. The molecule has 0 unspecified atom stereocenters. The van der Waals surface area contributed by atoms with Gasteiger partial charge >= 0.3 is 0 Å². The minimum absolute atomic E-state index is 0.481. The summed E-state index contributed by atoms with van der Waals surface area (Å²) in [4.78, 5) is 29.9. The Hall–Kier alpha value is -8.30. The van der Waals surface area contributed by atoms with Crippen molar-refractivity contribution in [3.05, 3.63) is 189 Å². The maximum absolute atomic E-state index is 5.70. The first-order valence-electron chi connectivity index (χ1n) is 19.5. The van der Waals surface area contributed by atoms with Crippen LogP contribution in [0.1, 0.15) is 0 Å². The molecular formula is C50H31N9. The van der Waals surface area contributed by atoms with E-state index in [0.29, 0.717) is 17.6 Å². The number of hydrogen-bond acceptors (Lipinski definition) is 6. The zero-order chi connectivity index (χ0) is 38.9. The molecule has 0 atom stereocenters. The SMILES string of the molecule is c1ccc(-c2nc3c4c5ccccc5n(-c5ccccc5)c4c4c5ccccc5n(-c5nc(-c6ccncc6)nc(-c6ccncc6)n5)c4c3n2-c2ccccc2)cc1. The van der Waals surface area contributed by atoms with Crippen LogP contribution in [0, 0.1) is 0 Å². The van der Waals surface area contributed by atoms with E-state index in [9.17, 15) is 0 Å². The van der Waals surface area contributed by atoms with Crippen molar-refractivity contribution in [1.29, 1.82) is 0 Å². The molecule has 0 saturated carbocycles. The smallest absolute Gasteiger partial charge is 0.238 e. The first-order chi connectivity index (χ1) is 29.3. The molecule has 6 heterocycles. The molecule has 0 radical (unpaired) electrons. The van der Waals surface area contributed by atoms with E-state index in [0.717, 1.165) is 88.5 Å². The Kier molecular flexibility index (Phi) is 7.33. The second-order valence-corrected chi connectivity index (χ2v) is 14.4. The molecule has 0 aliphatic rings. The van der Waals surface area contributed by atoms with Crippen molar-refractivity contribution in [2.45, 2.75) is 0 Å². The zero-order valence-electron chi connectivity index (χ0n) is 31.4. The highest BCUT2D eigenvalue weighted by atomic mass is 15.2. The average molecular weight is 758 g/mol. The van der Waals surface area contributed by atoms with Crippen LogP contribution in [0.25, 0.3) is 106 Å². The van der Waals surface area contributed by atoms with Gasteiger partial charge in [-0.15, -0.1) is 0 Å². The number of aromatic nitrogens is 9. The molecule has 12 aromatic rings. The van der Waals surface area contributed by atoms with Crippen LogP contribution in [0.2, 0.25) is 0 Å². The van der Waals surface area contributed by atoms with Crippen LogP contribution in [-0.4, -0.2) is 43.6 Å². The van der Waals surface area contributed by atoms with Crippen molar-refractivity contribution in [3.63, 3.8) is 0 Å². The normalized spacial score (nSPS) is 11.7. The molecule has 6 aromatic carbocycles. The van der Waals surface area contributed by atoms with Gasteiger partial charge in [-0.1, -0.05) is 103 Å². The molecule has 0 spiro atoms. The van der Waals surface area contributed by atoms with Crippen molar-refractivity contribution in [2.75, 3.05) is 0 Å². The van der Waals surface area contributed by atoms with Gasteiger partial charge in [0.1, 0.15) is 11.3 Å². The first kappa shape index (κ1) is 32.9.